The molecule has 5 heteroatoms. The Hall–Kier alpha value is -1.49. The number of carbonyl (C=O) groups is 1. The Labute approximate surface area is 113 Å². The largest absolute Gasteiger partial charge is 0.397 e. The minimum Gasteiger partial charge on any atom is -0.397 e. The van der Waals surface area contributed by atoms with Gasteiger partial charge in [-0.3, -0.25) is 4.79 Å². The summed E-state index contributed by atoms with van der Waals surface area (Å²) in [5.74, 6) is 0.0746. The molecule has 1 aliphatic carbocycles. The lowest BCUT2D eigenvalue weighted by Crippen LogP contribution is -2.48. The number of anilines is 1. The summed E-state index contributed by atoms with van der Waals surface area (Å²) in [6, 6.07) is 2.26. The van der Waals surface area contributed by atoms with E-state index in [2.05, 4.69) is 0 Å². The van der Waals surface area contributed by atoms with E-state index in [1.165, 1.54) is 0 Å². The van der Waals surface area contributed by atoms with Gasteiger partial charge in [-0.1, -0.05) is 0 Å². The molecule has 5 nitrogen and oxygen atoms in total. The number of nitrogens with zero attached hydrogens (tertiary/aromatic N) is 2. The van der Waals surface area contributed by atoms with Crippen molar-refractivity contribution in [3.8, 4) is 0 Å². The Bertz CT molecular complexity index is 483. The lowest BCUT2D eigenvalue weighted by Gasteiger charge is -2.35. The molecule has 1 aromatic heterocycles. The van der Waals surface area contributed by atoms with Crippen LogP contribution < -0.4 is 5.73 Å². The Morgan fingerprint density at radius 3 is 2.53 bits per heavy atom. The molecule has 1 aliphatic heterocycles. The molecule has 2 aliphatic rings. The molecule has 3 rings (SSSR count). The average molecular weight is 263 g/mol. The zero-order valence-corrected chi connectivity index (χ0v) is 11.5. The summed E-state index contributed by atoms with van der Waals surface area (Å²) in [4.78, 5) is 14.5. The van der Waals surface area contributed by atoms with Gasteiger partial charge in [0.05, 0.1) is 17.9 Å². The summed E-state index contributed by atoms with van der Waals surface area (Å²) >= 11 is 0. The normalized spacial score (nSPS) is 27.6. The highest BCUT2D eigenvalue weighted by molar-refractivity contribution is 5.94. The van der Waals surface area contributed by atoms with Gasteiger partial charge in [0, 0.05) is 25.3 Å². The molecule has 0 unspecified atom stereocenters. The van der Waals surface area contributed by atoms with Gasteiger partial charge in [-0.05, 0) is 32.8 Å². The van der Waals surface area contributed by atoms with Gasteiger partial charge in [-0.25, -0.2) is 0 Å². The molecule has 0 bridgehead atoms. The first-order valence-corrected chi connectivity index (χ1v) is 6.96. The number of ether oxygens (including phenoxy) is 1. The molecular weight excluding hydrogens is 242 g/mol. The van der Waals surface area contributed by atoms with Crippen molar-refractivity contribution in [3.05, 3.63) is 18.0 Å². The summed E-state index contributed by atoms with van der Waals surface area (Å²) in [6.45, 7) is 5.31. The van der Waals surface area contributed by atoms with E-state index in [1.54, 1.807) is 6.07 Å². The van der Waals surface area contributed by atoms with Gasteiger partial charge in [0.25, 0.3) is 5.91 Å². The van der Waals surface area contributed by atoms with Crippen LogP contribution in [-0.4, -0.2) is 40.7 Å². The van der Waals surface area contributed by atoms with Gasteiger partial charge < -0.3 is 19.9 Å². The molecule has 0 spiro atoms. The Morgan fingerprint density at radius 1 is 1.32 bits per heavy atom. The highest BCUT2D eigenvalue weighted by atomic mass is 16.5. The van der Waals surface area contributed by atoms with E-state index in [1.807, 2.05) is 29.5 Å². The van der Waals surface area contributed by atoms with E-state index in [0.717, 1.165) is 18.5 Å². The molecule has 0 aromatic carbocycles. The van der Waals surface area contributed by atoms with Gasteiger partial charge >= 0.3 is 0 Å². The van der Waals surface area contributed by atoms with E-state index in [-0.39, 0.29) is 18.1 Å². The second-order valence-electron chi connectivity index (χ2n) is 5.76. The number of hydrogen-bond acceptors (Lipinski definition) is 3. The van der Waals surface area contributed by atoms with Crippen molar-refractivity contribution in [2.75, 3.05) is 18.8 Å². The monoisotopic (exact) mass is 263 g/mol. The molecule has 0 radical (unpaired) electrons. The number of nitrogens with two attached hydrogens (primary N) is 1. The maximum absolute atomic E-state index is 12.7. The maximum Gasteiger partial charge on any atom is 0.270 e. The number of aromatic nitrogens is 1. The highest BCUT2D eigenvalue weighted by Gasteiger charge is 2.32. The summed E-state index contributed by atoms with van der Waals surface area (Å²) in [7, 11) is 0. The van der Waals surface area contributed by atoms with E-state index >= 15 is 0 Å². The number of morpholine rings is 1. The second kappa shape index (κ2) is 4.56. The van der Waals surface area contributed by atoms with Gasteiger partial charge in [0.1, 0.15) is 5.69 Å². The van der Waals surface area contributed by atoms with Crippen molar-refractivity contribution < 1.29 is 9.53 Å². The second-order valence-corrected chi connectivity index (χ2v) is 5.76. The quantitative estimate of drug-likeness (QED) is 0.882. The fraction of sp³-hybridized carbons (Fsp3) is 0.643. The summed E-state index contributed by atoms with van der Waals surface area (Å²) in [6.07, 6.45) is 4.36. The summed E-state index contributed by atoms with van der Waals surface area (Å²) in [5, 5.41) is 0. The van der Waals surface area contributed by atoms with Gasteiger partial charge in [0.2, 0.25) is 0 Å². The standard InChI is InChI=1S/C14H21N3O2/c1-9-6-16(7-10(2)19-9)14(18)13-5-11(15)8-17(13)12-3-4-12/h5,8-10,12H,3-4,6-7,15H2,1-2H3/t9-,10+. The SMILES string of the molecule is C[C@@H]1CN(C(=O)c2cc(N)cn2C2CC2)C[C@H](C)O1. The molecule has 1 aromatic rings. The Morgan fingerprint density at radius 2 is 1.95 bits per heavy atom. The zero-order chi connectivity index (χ0) is 13.6. The lowest BCUT2D eigenvalue weighted by molar-refractivity contribution is -0.0588. The van der Waals surface area contributed by atoms with Gasteiger partial charge in [-0.15, -0.1) is 0 Å². The van der Waals surface area contributed by atoms with Crippen LogP contribution in [0.5, 0.6) is 0 Å². The smallest absolute Gasteiger partial charge is 0.270 e. The molecule has 1 saturated carbocycles. The first kappa shape index (κ1) is 12.5. The van der Waals surface area contributed by atoms with E-state index in [0.29, 0.717) is 24.8 Å². The number of carbonyl (C=O) groups excluding carboxylic acids is 1. The van der Waals surface area contributed by atoms with Crippen LogP contribution in [-0.2, 0) is 4.74 Å². The molecule has 2 N–H and O–H groups in total. The number of amides is 1. The number of nitrogen functional groups attached to an aromatic ring is 1. The lowest BCUT2D eigenvalue weighted by atomic mass is 10.2. The fourth-order valence-corrected chi connectivity index (χ4v) is 2.83. The fourth-order valence-electron chi connectivity index (χ4n) is 2.83. The van der Waals surface area contributed by atoms with Crippen LogP contribution >= 0.6 is 0 Å². The first-order valence-electron chi connectivity index (χ1n) is 6.96. The van der Waals surface area contributed by atoms with Crippen molar-refractivity contribution in [1.29, 1.82) is 0 Å². The summed E-state index contributed by atoms with van der Waals surface area (Å²) < 4.78 is 7.72. The van der Waals surface area contributed by atoms with Crippen molar-refractivity contribution in [1.82, 2.24) is 9.47 Å². The minimum atomic E-state index is 0.0746. The van der Waals surface area contributed by atoms with Crippen molar-refractivity contribution in [2.45, 2.75) is 44.9 Å². The Balaban J connectivity index is 1.83. The predicted octanol–water partition coefficient (Wildman–Crippen LogP) is 1.65. The predicted molar refractivity (Wildman–Crippen MR) is 73.0 cm³/mol. The average Bonchev–Trinajstić information content (AvgIpc) is 3.10. The maximum atomic E-state index is 12.7. The molecular formula is C14H21N3O2. The van der Waals surface area contributed by atoms with E-state index in [4.69, 9.17) is 10.5 Å². The van der Waals surface area contributed by atoms with Gasteiger partial charge in [0.15, 0.2) is 0 Å². The highest BCUT2D eigenvalue weighted by Crippen LogP contribution is 2.37. The topological polar surface area (TPSA) is 60.5 Å². The third-order valence-electron chi connectivity index (χ3n) is 3.74. The molecule has 1 saturated heterocycles. The van der Waals surface area contributed by atoms with Crippen molar-refractivity contribution >= 4 is 11.6 Å². The molecule has 19 heavy (non-hydrogen) atoms. The van der Waals surface area contributed by atoms with Crippen molar-refractivity contribution in [3.63, 3.8) is 0 Å². The van der Waals surface area contributed by atoms with Crippen LogP contribution in [0.4, 0.5) is 5.69 Å². The Kier molecular flexibility index (Phi) is 3.01. The van der Waals surface area contributed by atoms with Gasteiger partial charge in [-0.2, -0.15) is 0 Å². The van der Waals surface area contributed by atoms with E-state index < -0.39 is 0 Å². The first-order chi connectivity index (χ1) is 9.04. The van der Waals surface area contributed by atoms with Crippen LogP contribution in [0.2, 0.25) is 0 Å². The number of hydrogen-bond donors (Lipinski definition) is 1. The molecule has 2 heterocycles. The van der Waals surface area contributed by atoms with E-state index in [9.17, 15) is 4.79 Å². The van der Waals surface area contributed by atoms with Crippen molar-refractivity contribution in [2.24, 2.45) is 0 Å². The molecule has 1 amide bonds. The van der Waals surface area contributed by atoms with Crippen LogP contribution in [0.1, 0.15) is 43.2 Å². The third kappa shape index (κ3) is 2.47. The zero-order valence-electron chi connectivity index (χ0n) is 11.5. The summed E-state index contributed by atoms with van der Waals surface area (Å²) in [5.41, 5.74) is 7.25. The molecule has 2 fully saturated rings. The molecule has 104 valence electrons. The van der Waals surface area contributed by atoms with Crippen LogP contribution in [0.3, 0.4) is 0 Å². The minimum absolute atomic E-state index is 0.0746. The molecule has 2 atom stereocenters. The van der Waals surface area contributed by atoms with Crippen LogP contribution in [0.15, 0.2) is 12.3 Å². The number of rotatable bonds is 2. The third-order valence-corrected chi connectivity index (χ3v) is 3.74. The van der Waals surface area contributed by atoms with Crippen LogP contribution in [0.25, 0.3) is 0 Å². The van der Waals surface area contributed by atoms with Crippen LogP contribution in [0, 0.1) is 0 Å².